The number of carboxylic acid groups (broad SMARTS) is 1. The van der Waals surface area contributed by atoms with Crippen LogP contribution in [-0.4, -0.2) is 36.9 Å². The van der Waals surface area contributed by atoms with E-state index in [1.54, 1.807) is 12.1 Å². The second-order valence-electron chi connectivity index (χ2n) is 4.33. The molecule has 1 rings (SSSR count). The van der Waals surface area contributed by atoms with Crippen molar-refractivity contribution in [2.75, 3.05) is 16.8 Å². The van der Waals surface area contributed by atoms with Crippen molar-refractivity contribution in [3.8, 4) is 0 Å². The fourth-order valence-corrected chi connectivity index (χ4v) is 2.64. The molecule has 0 fully saturated rings. The van der Waals surface area contributed by atoms with E-state index in [1.165, 1.54) is 0 Å². The molecular formula is C13H17NO5S. The lowest BCUT2D eigenvalue weighted by Gasteiger charge is -2.06. The molecule has 0 saturated carbocycles. The Balaban J connectivity index is 2.56. The molecule has 0 atom stereocenters. The maximum absolute atomic E-state index is 11.6. The first-order valence-electron chi connectivity index (χ1n) is 6.13. The molecule has 0 aliphatic carbocycles. The molecule has 7 heteroatoms. The average molecular weight is 299 g/mol. The lowest BCUT2D eigenvalue weighted by molar-refractivity contribution is -0.136. The number of aliphatic carboxylic acids is 1. The van der Waals surface area contributed by atoms with Gasteiger partial charge in [0, 0.05) is 5.69 Å². The summed E-state index contributed by atoms with van der Waals surface area (Å²) in [5.74, 6) is -3.12. The van der Waals surface area contributed by atoms with Crippen LogP contribution in [-0.2, 0) is 25.8 Å². The Morgan fingerprint density at radius 2 is 1.80 bits per heavy atom. The van der Waals surface area contributed by atoms with Crippen LogP contribution in [0.25, 0.3) is 0 Å². The highest BCUT2D eigenvalue weighted by molar-refractivity contribution is 7.92. The first kappa shape index (κ1) is 16.2. The number of aryl methyl sites for hydroxylation is 1. The fraction of sp³-hybridized carbons (Fsp3) is 0.385. The van der Waals surface area contributed by atoms with Crippen molar-refractivity contribution in [2.45, 2.75) is 19.8 Å². The highest BCUT2D eigenvalue weighted by Crippen LogP contribution is 2.10. The van der Waals surface area contributed by atoms with Gasteiger partial charge >= 0.3 is 5.97 Å². The van der Waals surface area contributed by atoms with E-state index in [2.05, 4.69) is 5.32 Å². The number of carbonyl (C=O) groups is 2. The number of carbonyl (C=O) groups excluding carboxylic acids is 1. The smallest absolute Gasteiger partial charge is 0.304 e. The number of sulfone groups is 1. The molecule has 0 spiro atoms. The maximum Gasteiger partial charge on any atom is 0.304 e. The van der Waals surface area contributed by atoms with Crippen molar-refractivity contribution >= 4 is 27.4 Å². The van der Waals surface area contributed by atoms with Crippen LogP contribution >= 0.6 is 0 Å². The Morgan fingerprint density at radius 1 is 1.20 bits per heavy atom. The summed E-state index contributed by atoms with van der Waals surface area (Å²) in [5, 5.41) is 10.9. The second-order valence-corrected chi connectivity index (χ2v) is 6.52. The molecule has 0 heterocycles. The minimum atomic E-state index is -3.70. The molecule has 110 valence electrons. The molecule has 0 radical (unpaired) electrons. The van der Waals surface area contributed by atoms with Crippen molar-refractivity contribution in [2.24, 2.45) is 0 Å². The van der Waals surface area contributed by atoms with E-state index in [1.807, 2.05) is 19.1 Å². The normalized spacial score (nSPS) is 11.1. The summed E-state index contributed by atoms with van der Waals surface area (Å²) in [4.78, 5) is 21.9. The van der Waals surface area contributed by atoms with E-state index < -0.39 is 39.6 Å². The van der Waals surface area contributed by atoms with E-state index in [9.17, 15) is 18.0 Å². The van der Waals surface area contributed by atoms with E-state index in [-0.39, 0.29) is 0 Å². The van der Waals surface area contributed by atoms with Crippen LogP contribution in [0, 0.1) is 0 Å². The Morgan fingerprint density at radius 3 is 2.30 bits per heavy atom. The zero-order chi connectivity index (χ0) is 15.2. The lowest BCUT2D eigenvalue weighted by Crippen LogP contribution is -2.25. The molecule has 1 aromatic carbocycles. The van der Waals surface area contributed by atoms with Crippen LogP contribution in [0.4, 0.5) is 5.69 Å². The highest BCUT2D eigenvalue weighted by atomic mass is 32.2. The van der Waals surface area contributed by atoms with Crippen molar-refractivity contribution < 1.29 is 23.1 Å². The number of anilines is 1. The Bertz CT molecular complexity index is 577. The Hall–Kier alpha value is -1.89. The van der Waals surface area contributed by atoms with E-state index in [4.69, 9.17) is 5.11 Å². The summed E-state index contributed by atoms with van der Waals surface area (Å²) in [6.07, 6.45) is 0.374. The molecular weight excluding hydrogens is 282 g/mol. The average Bonchev–Trinajstić information content (AvgIpc) is 2.37. The first-order valence-corrected chi connectivity index (χ1v) is 7.95. The maximum atomic E-state index is 11.6. The molecule has 0 unspecified atom stereocenters. The second kappa shape index (κ2) is 7.04. The van der Waals surface area contributed by atoms with Gasteiger partial charge in [-0.15, -0.1) is 0 Å². The van der Waals surface area contributed by atoms with E-state index in [0.717, 1.165) is 12.0 Å². The van der Waals surface area contributed by atoms with Gasteiger partial charge in [0.2, 0.25) is 5.91 Å². The lowest BCUT2D eigenvalue weighted by atomic mass is 10.1. The van der Waals surface area contributed by atoms with Crippen LogP contribution < -0.4 is 5.32 Å². The van der Waals surface area contributed by atoms with E-state index >= 15 is 0 Å². The first-order chi connectivity index (χ1) is 9.32. The topological polar surface area (TPSA) is 101 Å². The van der Waals surface area contributed by atoms with Gasteiger partial charge in [-0.1, -0.05) is 19.1 Å². The van der Waals surface area contributed by atoms with Gasteiger partial charge in [0.25, 0.3) is 0 Å². The fourth-order valence-electron chi connectivity index (χ4n) is 1.54. The molecule has 1 aromatic rings. The van der Waals surface area contributed by atoms with Gasteiger partial charge in [0.05, 0.1) is 12.2 Å². The minimum absolute atomic E-state index is 0.499. The van der Waals surface area contributed by atoms with Crippen molar-refractivity contribution in [3.63, 3.8) is 0 Å². The van der Waals surface area contributed by atoms with Gasteiger partial charge in [-0.2, -0.15) is 0 Å². The number of amides is 1. The number of carboxylic acids is 1. The molecule has 6 nitrogen and oxygen atoms in total. The third-order valence-corrected chi connectivity index (χ3v) is 4.15. The summed E-state index contributed by atoms with van der Waals surface area (Å²) in [6.45, 7) is 2.00. The van der Waals surface area contributed by atoms with Crippen molar-refractivity contribution in [3.05, 3.63) is 29.8 Å². The number of nitrogens with one attached hydrogen (secondary N) is 1. The number of hydrogen-bond donors (Lipinski definition) is 2. The third-order valence-electron chi connectivity index (χ3n) is 2.62. The quantitative estimate of drug-likeness (QED) is 0.784. The minimum Gasteiger partial charge on any atom is -0.481 e. The molecule has 2 N–H and O–H groups in total. The predicted octanol–water partition coefficient (Wildman–Crippen LogP) is 1.08. The molecule has 0 saturated heterocycles. The zero-order valence-corrected chi connectivity index (χ0v) is 11.9. The standard InChI is InChI=1S/C13H17NO5S/c1-2-10-3-5-11(6-4-10)14-12(15)9-20(18,19)8-7-13(16)17/h3-6H,2,7-9H2,1H3,(H,14,15)(H,16,17). The van der Waals surface area contributed by atoms with Crippen LogP contribution in [0.3, 0.4) is 0 Å². The van der Waals surface area contributed by atoms with Gasteiger partial charge in [0.1, 0.15) is 5.75 Å². The van der Waals surface area contributed by atoms with Crippen LogP contribution in [0.1, 0.15) is 18.9 Å². The molecule has 0 aliphatic heterocycles. The zero-order valence-electron chi connectivity index (χ0n) is 11.1. The van der Waals surface area contributed by atoms with Crippen LogP contribution in [0.2, 0.25) is 0 Å². The Kier molecular flexibility index (Phi) is 5.69. The monoisotopic (exact) mass is 299 g/mol. The van der Waals surface area contributed by atoms with Gasteiger partial charge < -0.3 is 10.4 Å². The van der Waals surface area contributed by atoms with Crippen LogP contribution in [0.15, 0.2) is 24.3 Å². The van der Waals surface area contributed by atoms with Gasteiger partial charge in [-0.3, -0.25) is 9.59 Å². The number of rotatable bonds is 7. The Labute approximate surface area is 117 Å². The highest BCUT2D eigenvalue weighted by Gasteiger charge is 2.18. The SMILES string of the molecule is CCc1ccc(NC(=O)CS(=O)(=O)CCC(=O)O)cc1. The molecule has 0 aromatic heterocycles. The summed E-state index contributed by atoms with van der Waals surface area (Å²) in [6, 6.07) is 7.07. The van der Waals surface area contributed by atoms with Gasteiger partial charge in [-0.25, -0.2) is 8.42 Å². The summed E-state index contributed by atoms with van der Waals surface area (Å²) in [7, 11) is -3.70. The third kappa shape index (κ3) is 5.83. The van der Waals surface area contributed by atoms with E-state index in [0.29, 0.717) is 5.69 Å². The van der Waals surface area contributed by atoms with Crippen LogP contribution in [0.5, 0.6) is 0 Å². The number of benzene rings is 1. The largest absolute Gasteiger partial charge is 0.481 e. The van der Waals surface area contributed by atoms with Crippen molar-refractivity contribution in [1.82, 2.24) is 0 Å². The molecule has 20 heavy (non-hydrogen) atoms. The number of hydrogen-bond acceptors (Lipinski definition) is 4. The van der Waals surface area contributed by atoms with Crippen molar-refractivity contribution in [1.29, 1.82) is 0 Å². The van der Waals surface area contributed by atoms with Gasteiger partial charge in [-0.05, 0) is 24.1 Å². The summed E-state index contributed by atoms with van der Waals surface area (Å²) in [5.41, 5.74) is 1.62. The molecule has 0 aliphatic rings. The summed E-state index contributed by atoms with van der Waals surface area (Å²) >= 11 is 0. The molecule has 0 bridgehead atoms. The van der Waals surface area contributed by atoms with Gasteiger partial charge in [0.15, 0.2) is 9.84 Å². The molecule has 1 amide bonds. The summed E-state index contributed by atoms with van der Waals surface area (Å²) < 4.78 is 23.0. The predicted molar refractivity (Wildman–Crippen MR) is 75.4 cm³/mol.